The Hall–Kier alpha value is -2.41. The fraction of sp³-hybridized carbons (Fsp3) is 0. The summed E-state index contributed by atoms with van der Waals surface area (Å²) in [6.45, 7) is 0. The first kappa shape index (κ1) is 11.7. The first-order chi connectivity index (χ1) is 9.22. The Bertz CT molecular complexity index is 715. The van der Waals surface area contributed by atoms with E-state index in [0.717, 1.165) is 6.20 Å². The van der Waals surface area contributed by atoms with Gasteiger partial charge < -0.3 is 0 Å². The smallest absolute Gasteiger partial charge is 0.255 e. The van der Waals surface area contributed by atoms with Gasteiger partial charge in [-0.05, 0) is 23.7 Å². The second-order valence-corrected chi connectivity index (χ2v) is 3.91. The average molecular weight is 277 g/mol. The van der Waals surface area contributed by atoms with Crippen LogP contribution >= 0.6 is 11.6 Å². The van der Waals surface area contributed by atoms with E-state index in [-0.39, 0.29) is 17.1 Å². The monoisotopic (exact) mass is 276 g/mol. The van der Waals surface area contributed by atoms with Gasteiger partial charge in [-0.3, -0.25) is 4.98 Å². The van der Waals surface area contributed by atoms with Gasteiger partial charge in [-0.1, -0.05) is 0 Å². The van der Waals surface area contributed by atoms with E-state index >= 15 is 0 Å². The number of aromatic nitrogens is 6. The number of pyridine rings is 1. The molecule has 0 aliphatic carbocycles. The summed E-state index contributed by atoms with van der Waals surface area (Å²) in [6, 6.07) is 2.99. The molecule has 0 fully saturated rings. The van der Waals surface area contributed by atoms with Gasteiger partial charge in [-0.2, -0.15) is 20.1 Å². The predicted octanol–water partition coefficient (Wildman–Crippen LogP) is 1.91. The zero-order valence-electron chi connectivity index (χ0n) is 9.40. The lowest BCUT2D eigenvalue weighted by Gasteiger charge is -2.03. The molecule has 0 saturated carbocycles. The molecule has 8 heteroatoms. The third kappa shape index (κ3) is 2.41. The van der Waals surface area contributed by atoms with Crippen molar-refractivity contribution in [3.05, 3.63) is 48.0 Å². The Kier molecular flexibility index (Phi) is 2.88. The molecule has 3 rings (SSSR count). The summed E-state index contributed by atoms with van der Waals surface area (Å²) in [7, 11) is 0. The van der Waals surface area contributed by atoms with E-state index in [2.05, 4.69) is 25.0 Å². The van der Waals surface area contributed by atoms with Crippen LogP contribution in [0.5, 0.6) is 0 Å². The summed E-state index contributed by atoms with van der Waals surface area (Å²) in [6.07, 6.45) is 5.79. The molecule has 0 aliphatic heterocycles. The molecule has 0 aliphatic rings. The molecular formula is C11H6ClFN6. The van der Waals surface area contributed by atoms with E-state index in [0.29, 0.717) is 5.56 Å². The van der Waals surface area contributed by atoms with E-state index in [9.17, 15) is 4.39 Å². The summed E-state index contributed by atoms with van der Waals surface area (Å²) in [4.78, 5) is 15.8. The van der Waals surface area contributed by atoms with Crippen molar-refractivity contribution >= 4 is 11.6 Å². The van der Waals surface area contributed by atoms with Crippen molar-refractivity contribution in [3.8, 4) is 17.3 Å². The lowest BCUT2D eigenvalue weighted by molar-refractivity contribution is 0.621. The molecule has 0 aromatic carbocycles. The van der Waals surface area contributed by atoms with E-state index < -0.39 is 5.82 Å². The third-order valence-electron chi connectivity index (χ3n) is 2.27. The second kappa shape index (κ2) is 4.69. The topological polar surface area (TPSA) is 69.4 Å². The quantitative estimate of drug-likeness (QED) is 0.715. The normalized spacial score (nSPS) is 10.6. The molecule has 3 heterocycles. The molecule has 19 heavy (non-hydrogen) atoms. The Morgan fingerprint density at radius 1 is 1.16 bits per heavy atom. The van der Waals surface area contributed by atoms with Crippen molar-refractivity contribution < 1.29 is 4.39 Å². The summed E-state index contributed by atoms with van der Waals surface area (Å²) < 4.78 is 14.6. The molecule has 3 aromatic heterocycles. The van der Waals surface area contributed by atoms with Crippen molar-refractivity contribution in [2.45, 2.75) is 0 Å². The summed E-state index contributed by atoms with van der Waals surface area (Å²) in [5, 5.41) is 4.00. The van der Waals surface area contributed by atoms with Crippen molar-refractivity contribution in [3.63, 3.8) is 0 Å². The standard InChI is InChI=1S/C11H6ClFN6/c12-10-16-9(7-4-8(13)6-14-5-7)17-11(18-10)19-3-1-2-15-19/h1-6H. The van der Waals surface area contributed by atoms with Crippen LogP contribution in [0.1, 0.15) is 0 Å². The SMILES string of the molecule is Fc1cncc(-c2nc(Cl)nc(-n3cccn3)n2)c1. The highest BCUT2D eigenvalue weighted by atomic mass is 35.5. The van der Waals surface area contributed by atoms with Crippen molar-refractivity contribution in [2.24, 2.45) is 0 Å². The Labute approximate surface area is 112 Å². The molecular weight excluding hydrogens is 271 g/mol. The molecule has 6 nitrogen and oxygen atoms in total. The zero-order valence-corrected chi connectivity index (χ0v) is 10.2. The maximum absolute atomic E-state index is 13.1. The van der Waals surface area contributed by atoms with E-state index in [1.807, 2.05) is 0 Å². The van der Waals surface area contributed by atoms with Crippen LogP contribution in [0.3, 0.4) is 0 Å². The molecule has 0 unspecified atom stereocenters. The van der Waals surface area contributed by atoms with E-state index in [1.165, 1.54) is 16.9 Å². The van der Waals surface area contributed by atoms with Crippen molar-refractivity contribution in [1.82, 2.24) is 29.7 Å². The van der Waals surface area contributed by atoms with Crippen LogP contribution in [0, 0.1) is 5.82 Å². The average Bonchev–Trinajstić information content (AvgIpc) is 2.92. The van der Waals surface area contributed by atoms with Crippen LogP contribution < -0.4 is 0 Å². The van der Waals surface area contributed by atoms with Crippen LogP contribution in [0.2, 0.25) is 5.28 Å². The number of hydrogen-bond acceptors (Lipinski definition) is 5. The zero-order chi connectivity index (χ0) is 13.2. The molecule has 0 amide bonds. The first-order valence-electron chi connectivity index (χ1n) is 5.25. The number of hydrogen-bond donors (Lipinski definition) is 0. The molecule has 0 radical (unpaired) electrons. The maximum Gasteiger partial charge on any atom is 0.255 e. The molecule has 0 bridgehead atoms. The number of halogens is 2. The van der Waals surface area contributed by atoms with Gasteiger partial charge in [0.1, 0.15) is 5.82 Å². The molecule has 94 valence electrons. The van der Waals surface area contributed by atoms with Crippen LogP contribution in [0.15, 0.2) is 36.9 Å². The highest BCUT2D eigenvalue weighted by Gasteiger charge is 2.10. The van der Waals surface area contributed by atoms with Gasteiger partial charge in [0.15, 0.2) is 5.82 Å². The lowest BCUT2D eigenvalue weighted by atomic mass is 10.3. The highest BCUT2D eigenvalue weighted by Crippen LogP contribution is 2.17. The Morgan fingerprint density at radius 2 is 2.05 bits per heavy atom. The number of nitrogens with zero attached hydrogens (tertiary/aromatic N) is 6. The van der Waals surface area contributed by atoms with Crippen LogP contribution in [0.4, 0.5) is 4.39 Å². The Balaban J connectivity index is 2.12. The molecule has 0 N–H and O–H groups in total. The van der Waals surface area contributed by atoms with E-state index in [4.69, 9.17) is 11.6 Å². The minimum absolute atomic E-state index is 0.000221. The summed E-state index contributed by atoms with van der Waals surface area (Å²) in [5.74, 6) is 0.0106. The second-order valence-electron chi connectivity index (χ2n) is 3.57. The van der Waals surface area contributed by atoms with E-state index in [1.54, 1.807) is 18.5 Å². The van der Waals surface area contributed by atoms with Crippen LogP contribution in [0.25, 0.3) is 17.3 Å². The van der Waals surface area contributed by atoms with Gasteiger partial charge >= 0.3 is 0 Å². The van der Waals surface area contributed by atoms with Gasteiger partial charge in [0.25, 0.3) is 5.95 Å². The van der Waals surface area contributed by atoms with Gasteiger partial charge in [-0.25, -0.2) is 9.07 Å². The fourth-order valence-electron chi connectivity index (χ4n) is 1.49. The van der Waals surface area contributed by atoms with Gasteiger partial charge in [0, 0.05) is 24.2 Å². The number of rotatable bonds is 2. The first-order valence-corrected chi connectivity index (χ1v) is 5.63. The van der Waals surface area contributed by atoms with Crippen LogP contribution in [-0.2, 0) is 0 Å². The predicted molar refractivity (Wildman–Crippen MR) is 65.1 cm³/mol. The van der Waals surface area contributed by atoms with Gasteiger partial charge in [0.2, 0.25) is 5.28 Å². The third-order valence-corrected chi connectivity index (χ3v) is 2.44. The lowest BCUT2D eigenvalue weighted by Crippen LogP contribution is -2.05. The molecule has 0 spiro atoms. The van der Waals surface area contributed by atoms with Gasteiger partial charge in [0.05, 0.1) is 6.20 Å². The van der Waals surface area contributed by atoms with Crippen LogP contribution in [-0.4, -0.2) is 29.7 Å². The highest BCUT2D eigenvalue weighted by molar-refractivity contribution is 6.28. The van der Waals surface area contributed by atoms with Crippen molar-refractivity contribution in [2.75, 3.05) is 0 Å². The molecule has 0 saturated heterocycles. The Morgan fingerprint density at radius 3 is 2.79 bits per heavy atom. The summed E-state index contributed by atoms with van der Waals surface area (Å²) in [5.41, 5.74) is 0.415. The largest absolute Gasteiger partial charge is 0.261 e. The fourth-order valence-corrected chi connectivity index (χ4v) is 1.65. The molecule has 0 atom stereocenters. The van der Waals surface area contributed by atoms with Gasteiger partial charge in [-0.15, -0.1) is 0 Å². The minimum atomic E-state index is -0.477. The maximum atomic E-state index is 13.1. The summed E-state index contributed by atoms with van der Waals surface area (Å²) >= 11 is 5.84. The molecule has 3 aromatic rings. The van der Waals surface area contributed by atoms with Crippen molar-refractivity contribution in [1.29, 1.82) is 0 Å². The minimum Gasteiger partial charge on any atom is -0.261 e.